The molecule has 0 aliphatic carbocycles. The van der Waals surface area contributed by atoms with Crippen molar-refractivity contribution in [3.05, 3.63) is 34.9 Å². The monoisotopic (exact) mass is 298 g/mol. The van der Waals surface area contributed by atoms with Gasteiger partial charge < -0.3 is 14.2 Å². The molecule has 0 bridgehead atoms. The van der Waals surface area contributed by atoms with Crippen LogP contribution in [0.25, 0.3) is 0 Å². The first-order valence-electron chi connectivity index (χ1n) is 7.09. The lowest BCUT2D eigenvalue weighted by atomic mass is 10.1. The van der Waals surface area contributed by atoms with Crippen LogP contribution in [0.15, 0.2) is 24.3 Å². The zero-order valence-electron chi connectivity index (χ0n) is 12.4. The summed E-state index contributed by atoms with van der Waals surface area (Å²) in [6, 6.07) is 7.71. The second kappa shape index (κ2) is 6.90. The van der Waals surface area contributed by atoms with Gasteiger partial charge in [0.25, 0.3) is 0 Å². The van der Waals surface area contributed by atoms with Crippen LogP contribution < -0.4 is 0 Å². The molecule has 0 spiro atoms. The Labute approximate surface area is 126 Å². The van der Waals surface area contributed by atoms with E-state index in [4.69, 9.17) is 25.8 Å². The third-order valence-electron chi connectivity index (χ3n) is 3.35. The van der Waals surface area contributed by atoms with E-state index in [9.17, 15) is 0 Å². The zero-order valence-corrected chi connectivity index (χ0v) is 13.2. The van der Waals surface area contributed by atoms with Gasteiger partial charge in [-0.05, 0) is 24.5 Å². The summed E-state index contributed by atoms with van der Waals surface area (Å²) in [5, 5.41) is 0.728. The molecule has 0 aromatic heterocycles. The Morgan fingerprint density at radius 1 is 1.30 bits per heavy atom. The van der Waals surface area contributed by atoms with Crippen molar-refractivity contribution in [1.82, 2.24) is 0 Å². The van der Waals surface area contributed by atoms with E-state index < -0.39 is 5.60 Å². The van der Waals surface area contributed by atoms with Crippen LogP contribution in [0.5, 0.6) is 0 Å². The molecular formula is C16H23ClO3. The molecule has 1 aliphatic heterocycles. The minimum atomic E-state index is -0.410. The summed E-state index contributed by atoms with van der Waals surface area (Å²) in [5.41, 5.74) is 0.576. The number of halogens is 1. The van der Waals surface area contributed by atoms with Crippen molar-refractivity contribution in [1.29, 1.82) is 0 Å². The highest BCUT2D eigenvalue weighted by molar-refractivity contribution is 6.31. The molecule has 1 heterocycles. The SMILES string of the molecule is CC(C)CC1OCC(C)(OCc2ccccc2Cl)CO1. The quantitative estimate of drug-likeness (QED) is 0.821. The highest BCUT2D eigenvalue weighted by atomic mass is 35.5. The van der Waals surface area contributed by atoms with Crippen molar-refractivity contribution in [2.24, 2.45) is 5.92 Å². The first kappa shape index (κ1) is 15.8. The summed E-state index contributed by atoms with van der Waals surface area (Å²) in [5.74, 6) is 0.563. The smallest absolute Gasteiger partial charge is 0.158 e. The van der Waals surface area contributed by atoms with Crippen LogP contribution >= 0.6 is 11.6 Å². The van der Waals surface area contributed by atoms with Gasteiger partial charge in [0.05, 0.1) is 19.8 Å². The number of hydrogen-bond donors (Lipinski definition) is 0. The van der Waals surface area contributed by atoms with Gasteiger partial charge in [0.1, 0.15) is 5.60 Å². The summed E-state index contributed by atoms with van der Waals surface area (Å²) in [6.45, 7) is 7.90. The van der Waals surface area contributed by atoms with Gasteiger partial charge in [-0.3, -0.25) is 0 Å². The van der Waals surface area contributed by atoms with Crippen LogP contribution in [0.3, 0.4) is 0 Å². The molecule has 4 heteroatoms. The third-order valence-corrected chi connectivity index (χ3v) is 3.72. The van der Waals surface area contributed by atoms with Crippen LogP contribution in [0.2, 0.25) is 5.02 Å². The molecule has 0 amide bonds. The topological polar surface area (TPSA) is 27.7 Å². The summed E-state index contributed by atoms with van der Waals surface area (Å²) < 4.78 is 17.4. The normalized spacial score (nSPS) is 26.9. The third kappa shape index (κ3) is 4.45. The van der Waals surface area contributed by atoms with Crippen molar-refractivity contribution in [3.63, 3.8) is 0 Å². The zero-order chi connectivity index (χ0) is 14.6. The van der Waals surface area contributed by atoms with E-state index in [0.29, 0.717) is 25.7 Å². The fourth-order valence-corrected chi connectivity index (χ4v) is 2.29. The molecule has 0 radical (unpaired) electrons. The molecule has 3 nitrogen and oxygen atoms in total. The summed E-state index contributed by atoms with van der Waals surface area (Å²) in [7, 11) is 0. The maximum absolute atomic E-state index is 6.13. The molecule has 112 valence electrons. The van der Waals surface area contributed by atoms with E-state index in [2.05, 4.69) is 13.8 Å². The second-order valence-corrected chi connectivity index (χ2v) is 6.42. The summed E-state index contributed by atoms with van der Waals surface area (Å²) >= 11 is 6.13. The van der Waals surface area contributed by atoms with Gasteiger partial charge in [0, 0.05) is 11.4 Å². The Morgan fingerprint density at radius 2 is 1.95 bits per heavy atom. The van der Waals surface area contributed by atoms with Gasteiger partial charge >= 0.3 is 0 Å². The Kier molecular flexibility index (Phi) is 5.44. The van der Waals surface area contributed by atoms with Crippen LogP contribution in [-0.4, -0.2) is 25.1 Å². The van der Waals surface area contributed by atoms with E-state index in [1.807, 2.05) is 31.2 Å². The van der Waals surface area contributed by atoms with Gasteiger partial charge in [0.15, 0.2) is 6.29 Å². The van der Waals surface area contributed by atoms with Crippen molar-refractivity contribution >= 4 is 11.6 Å². The number of ether oxygens (including phenoxy) is 3. The van der Waals surface area contributed by atoms with Crippen LogP contribution in [0, 0.1) is 5.92 Å². The van der Waals surface area contributed by atoms with E-state index in [0.717, 1.165) is 17.0 Å². The van der Waals surface area contributed by atoms with E-state index in [1.165, 1.54) is 0 Å². The maximum atomic E-state index is 6.13. The number of benzene rings is 1. The first-order chi connectivity index (χ1) is 9.48. The highest BCUT2D eigenvalue weighted by Crippen LogP contribution is 2.25. The van der Waals surface area contributed by atoms with E-state index >= 15 is 0 Å². The Hall–Kier alpha value is -0.610. The second-order valence-electron chi connectivity index (χ2n) is 6.01. The van der Waals surface area contributed by atoms with Crippen LogP contribution in [0.4, 0.5) is 0 Å². The molecular weight excluding hydrogens is 276 g/mol. The molecule has 20 heavy (non-hydrogen) atoms. The molecule has 1 aromatic carbocycles. The van der Waals surface area contributed by atoms with Gasteiger partial charge in [-0.15, -0.1) is 0 Å². The lowest BCUT2D eigenvalue weighted by molar-refractivity contribution is -0.266. The molecule has 0 saturated carbocycles. The van der Waals surface area contributed by atoms with Crippen molar-refractivity contribution in [3.8, 4) is 0 Å². The minimum Gasteiger partial charge on any atom is -0.366 e. The lowest BCUT2D eigenvalue weighted by Gasteiger charge is -2.37. The van der Waals surface area contributed by atoms with Crippen molar-refractivity contribution < 1.29 is 14.2 Å². The van der Waals surface area contributed by atoms with Crippen LogP contribution in [0.1, 0.15) is 32.8 Å². The Bertz CT molecular complexity index is 425. The molecule has 1 fully saturated rings. The van der Waals surface area contributed by atoms with Gasteiger partial charge in [-0.1, -0.05) is 43.6 Å². The maximum Gasteiger partial charge on any atom is 0.158 e. The molecule has 0 N–H and O–H groups in total. The fourth-order valence-electron chi connectivity index (χ4n) is 2.10. The molecule has 0 atom stereocenters. The predicted molar refractivity (Wildman–Crippen MR) is 79.8 cm³/mol. The predicted octanol–water partition coefficient (Wildman–Crippen LogP) is 4.03. The van der Waals surface area contributed by atoms with Gasteiger partial charge in [-0.2, -0.15) is 0 Å². The molecule has 0 unspecified atom stereocenters. The van der Waals surface area contributed by atoms with Gasteiger partial charge in [-0.25, -0.2) is 0 Å². The molecule has 2 rings (SSSR count). The molecule has 1 aliphatic rings. The van der Waals surface area contributed by atoms with E-state index in [-0.39, 0.29) is 6.29 Å². The fraction of sp³-hybridized carbons (Fsp3) is 0.625. The lowest BCUT2D eigenvalue weighted by Crippen LogP contribution is -2.47. The summed E-state index contributed by atoms with van der Waals surface area (Å²) in [6.07, 6.45) is 0.813. The van der Waals surface area contributed by atoms with Gasteiger partial charge in [0.2, 0.25) is 0 Å². The largest absolute Gasteiger partial charge is 0.366 e. The Morgan fingerprint density at radius 3 is 2.55 bits per heavy atom. The van der Waals surface area contributed by atoms with Crippen molar-refractivity contribution in [2.75, 3.05) is 13.2 Å². The standard InChI is InChI=1S/C16H23ClO3/c1-12(2)8-15-18-10-16(3,11-19-15)20-9-13-6-4-5-7-14(13)17/h4-7,12,15H,8-11H2,1-3H3. The first-order valence-corrected chi connectivity index (χ1v) is 7.47. The molecule has 1 saturated heterocycles. The van der Waals surface area contributed by atoms with Crippen LogP contribution in [-0.2, 0) is 20.8 Å². The summed E-state index contributed by atoms with van der Waals surface area (Å²) in [4.78, 5) is 0. The Balaban J connectivity index is 1.83. The number of rotatable bonds is 5. The number of hydrogen-bond acceptors (Lipinski definition) is 3. The molecule has 1 aromatic rings. The highest BCUT2D eigenvalue weighted by Gasteiger charge is 2.33. The van der Waals surface area contributed by atoms with E-state index in [1.54, 1.807) is 0 Å². The van der Waals surface area contributed by atoms with Crippen molar-refractivity contribution in [2.45, 2.75) is 45.7 Å². The average Bonchev–Trinajstić information content (AvgIpc) is 2.41. The average molecular weight is 299 g/mol. The minimum absolute atomic E-state index is 0.105.